The summed E-state index contributed by atoms with van der Waals surface area (Å²) in [5, 5.41) is 15.4. The van der Waals surface area contributed by atoms with Crippen LogP contribution in [0.2, 0.25) is 0 Å². The van der Waals surface area contributed by atoms with Gasteiger partial charge in [0.05, 0.1) is 17.3 Å². The van der Waals surface area contributed by atoms with Gasteiger partial charge < -0.3 is 10.6 Å². The van der Waals surface area contributed by atoms with Gasteiger partial charge >= 0.3 is 6.18 Å². The Morgan fingerprint density at radius 1 is 1.06 bits per heavy atom. The molecule has 182 valence electrons. The van der Waals surface area contributed by atoms with Gasteiger partial charge in [-0.05, 0) is 67.6 Å². The molecule has 0 bridgehead atoms. The molecule has 5 rings (SSSR count). The monoisotopic (exact) mass is 481 g/mol. The molecule has 0 spiro atoms. The van der Waals surface area contributed by atoms with Gasteiger partial charge in [-0.2, -0.15) is 18.3 Å². The number of anilines is 1. The fourth-order valence-electron chi connectivity index (χ4n) is 4.72. The zero-order valence-corrected chi connectivity index (χ0v) is 19.0. The quantitative estimate of drug-likeness (QED) is 0.352. The number of aromatic amines is 1. The summed E-state index contributed by atoms with van der Waals surface area (Å²) < 4.78 is 39.9. The van der Waals surface area contributed by atoms with E-state index in [0.29, 0.717) is 30.4 Å². The molecule has 2 aromatic carbocycles. The van der Waals surface area contributed by atoms with E-state index in [0.717, 1.165) is 53.9 Å². The maximum Gasteiger partial charge on any atom is 0.416 e. The Morgan fingerprint density at radius 3 is 2.74 bits per heavy atom. The van der Waals surface area contributed by atoms with E-state index >= 15 is 0 Å². The van der Waals surface area contributed by atoms with Crippen molar-refractivity contribution in [1.82, 2.24) is 20.1 Å². The SMILES string of the molecule is O=c1cc(C(F)(F)F)ccn1-c1cccc(CN[C@H]2CCC[C@H](Nc3ccc4[nH]ncc4c3)C2)c1. The van der Waals surface area contributed by atoms with Gasteiger partial charge in [-0.15, -0.1) is 0 Å². The summed E-state index contributed by atoms with van der Waals surface area (Å²) in [7, 11) is 0. The number of alkyl halides is 3. The Balaban J connectivity index is 1.21. The van der Waals surface area contributed by atoms with Crippen LogP contribution in [0.1, 0.15) is 36.8 Å². The summed E-state index contributed by atoms with van der Waals surface area (Å²) in [5.74, 6) is 0. The van der Waals surface area contributed by atoms with Crippen molar-refractivity contribution in [2.45, 2.75) is 50.5 Å². The highest BCUT2D eigenvalue weighted by Crippen LogP contribution is 2.28. The van der Waals surface area contributed by atoms with Gasteiger partial charge in [0.25, 0.3) is 5.56 Å². The number of fused-ring (bicyclic) bond motifs is 1. The van der Waals surface area contributed by atoms with Crippen molar-refractivity contribution in [3.63, 3.8) is 0 Å². The van der Waals surface area contributed by atoms with Crippen LogP contribution in [-0.4, -0.2) is 26.8 Å². The first-order valence-electron chi connectivity index (χ1n) is 11.7. The molecule has 35 heavy (non-hydrogen) atoms. The number of halogens is 3. The molecule has 1 aliphatic rings. The molecule has 4 aromatic rings. The van der Waals surface area contributed by atoms with E-state index in [1.54, 1.807) is 6.07 Å². The second-order valence-electron chi connectivity index (χ2n) is 9.05. The lowest BCUT2D eigenvalue weighted by molar-refractivity contribution is -0.137. The molecule has 1 fully saturated rings. The van der Waals surface area contributed by atoms with E-state index in [9.17, 15) is 18.0 Å². The van der Waals surface area contributed by atoms with Gasteiger partial charge in [-0.3, -0.25) is 14.5 Å². The van der Waals surface area contributed by atoms with E-state index in [1.165, 1.54) is 10.8 Å². The Morgan fingerprint density at radius 2 is 1.91 bits per heavy atom. The fourth-order valence-corrected chi connectivity index (χ4v) is 4.72. The van der Waals surface area contributed by atoms with Crippen LogP contribution in [0, 0.1) is 0 Å². The minimum atomic E-state index is -4.54. The van der Waals surface area contributed by atoms with Crippen molar-refractivity contribution in [1.29, 1.82) is 0 Å². The zero-order chi connectivity index (χ0) is 24.4. The number of nitrogens with zero attached hydrogens (tertiary/aromatic N) is 2. The molecule has 2 aromatic heterocycles. The first kappa shape index (κ1) is 23.2. The largest absolute Gasteiger partial charge is 0.416 e. The number of nitrogens with one attached hydrogen (secondary N) is 3. The molecule has 1 saturated carbocycles. The van der Waals surface area contributed by atoms with E-state index in [-0.39, 0.29) is 0 Å². The van der Waals surface area contributed by atoms with E-state index in [4.69, 9.17) is 0 Å². The number of benzene rings is 2. The van der Waals surface area contributed by atoms with Crippen molar-refractivity contribution in [3.05, 3.63) is 88.5 Å². The van der Waals surface area contributed by atoms with E-state index < -0.39 is 17.3 Å². The maximum atomic E-state index is 12.9. The lowest BCUT2D eigenvalue weighted by atomic mass is 9.90. The van der Waals surface area contributed by atoms with Crippen molar-refractivity contribution in [2.24, 2.45) is 0 Å². The number of aromatic nitrogens is 3. The Labute approximate surface area is 200 Å². The minimum absolute atomic E-state index is 0.344. The van der Waals surface area contributed by atoms with Crippen molar-refractivity contribution in [3.8, 4) is 5.69 Å². The highest BCUT2D eigenvalue weighted by atomic mass is 19.4. The third-order valence-electron chi connectivity index (χ3n) is 6.52. The molecule has 2 atom stereocenters. The van der Waals surface area contributed by atoms with Crippen LogP contribution in [0.25, 0.3) is 16.6 Å². The molecule has 1 aliphatic carbocycles. The fraction of sp³-hybridized carbons (Fsp3) is 0.308. The Kier molecular flexibility index (Phi) is 6.34. The van der Waals surface area contributed by atoms with Gasteiger partial charge in [0, 0.05) is 47.7 Å². The van der Waals surface area contributed by atoms with Crippen LogP contribution >= 0.6 is 0 Å². The number of H-pyrrole nitrogens is 1. The van der Waals surface area contributed by atoms with Crippen molar-refractivity contribution in [2.75, 3.05) is 5.32 Å². The lowest BCUT2D eigenvalue weighted by Gasteiger charge is -2.31. The summed E-state index contributed by atoms with van der Waals surface area (Å²) in [6, 6.07) is 15.8. The van der Waals surface area contributed by atoms with Gasteiger partial charge in [-0.1, -0.05) is 12.1 Å². The lowest BCUT2D eigenvalue weighted by Crippen LogP contribution is -2.38. The molecule has 6 nitrogen and oxygen atoms in total. The number of hydrogen-bond acceptors (Lipinski definition) is 4. The molecule has 2 heterocycles. The predicted octanol–water partition coefficient (Wildman–Crippen LogP) is 5.25. The molecule has 3 N–H and O–H groups in total. The summed E-state index contributed by atoms with van der Waals surface area (Å²) in [5.41, 5.74) is 1.95. The molecule has 0 unspecified atom stereocenters. The van der Waals surface area contributed by atoms with Gasteiger partial charge in [0.2, 0.25) is 0 Å². The molecular weight excluding hydrogens is 455 g/mol. The van der Waals surface area contributed by atoms with Crippen LogP contribution in [0.5, 0.6) is 0 Å². The van der Waals surface area contributed by atoms with Crippen LogP contribution in [-0.2, 0) is 12.7 Å². The minimum Gasteiger partial charge on any atom is -0.382 e. The molecule has 0 saturated heterocycles. The molecular formula is C26H26F3N5O. The molecule has 0 radical (unpaired) electrons. The first-order chi connectivity index (χ1) is 16.8. The molecule has 0 aliphatic heterocycles. The molecule has 9 heteroatoms. The second kappa shape index (κ2) is 9.58. The highest BCUT2D eigenvalue weighted by molar-refractivity contribution is 5.81. The third-order valence-corrected chi connectivity index (χ3v) is 6.52. The van der Waals surface area contributed by atoms with Crippen molar-refractivity contribution < 1.29 is 13.2 Å². The maximum absolute atomic E-state index is 12.9. The van der Waals surface area contributed by atoms with Crippen LogP contribution < -0.4 is 16.2 Å². The first-order valence-corrected chi connectivity index (χ1v) is 11.7. The number of pyridine rings is 1. The summed E-state index contributed by atoms with van der Waals surface area (Å²) >= 11 is 0. The average molecular weight is 482 g/mol. The summed E-state index contributed by atoms with van der Waals surface area (Å²) in [6.45, 7) is 0.613. The number of hydrogen-bond donors (Lipinski definition) is 3. The standard InChI is InChI=1S/C26H26F3N5O/c27-26(28,29)19-9-10-34(25(35)13-19)23-6-1-3-17(11-23)15-30-20-4-2-5-21(14-20)32-22-7-8-24-18(12-22)16-31-33-24/h1,3,6-13,16,20-21,30,32H,2,4-5,14-15H2,(H,31,33)/t20-,21-/m0/s1. The number of rotatable bonds is 6. The van der Waals surface area contributed by atoms with Gasteiger partial charge in [-0.25, -0.2) is 0 Å². The van der Waals surface area contributed by atoms with Crippen LogP contribution in [0.3, 0.4) is 0 Å². The Hall–Kier alpha value is -3.59. The summed E-state index contributed by atoms with van der Waals surface area (Å²) in [6.07, 6.45) is 2.74. The Bertz CT molecular complexity index is 1380. The molecule has 0 amide bonds. The summed E-state index contributed by atoms with van der Waals surface area (Å²) in [4.78, 5) is 12.3. The van der Waals surface area contributed by atoms with Gasteiger partial charge in [0.1, 0.15) is 0 Å². The normalized spacial score (nSPS) is 18.6. The zero-order valence-electron chi connectivity index (χ0n) is 19.0. The van der Waals surface area contributed by atoms with Crippen LogP contribution in [0.4, 0.5) is 18.9 Å². The second-order valence-corrected chi connectivity index (χ2v) is 9.05. The van der Waals surface area contributed by atoms with Crippen molar-refractivity contribution >= 4 is 16.6 Å². The highest BCUT2D eigenvalue weighted by Gasteiger charge is 2.31. The topological polar surface area (TPSA) is 74.7 Å². The van der Waals surface area contributed by atoms with Gasteiger partial charge in [0.15, 0.2) is 0 Å². The predicted molar refractivity (Wildman–Crippen MR) is 130 cm³/mol. The van der Waals surface area contributed by atoms with Crippen LogP contribution in [0.15, 0.2) is 71.8 Å². The van der Waals surface area contributed by atoms with E-state index in [2.05, 4.69) is 33.0 Å². The smallest absolute Gasteiger partial charge is 0.382 e. The van der Waals surface area contributed by atoms with E-state index in [1.807, 2.05) is 30.5 Å². The third kappa shape index (κ3) is 5.40. The average Bonchev–Trinajstić information content (AvgIpc) is 3.31.